The molecule has 0 unspecified atom stereocenters. The fraction of sp³-hybridized carbons (Fsp3) is 0.933. The summed E-state index contributed by atoms with van der Waals surface area (Å²) < 4.78 is 5.91. The summed E-state index contributed by atoms with van der Waals surface area (Å²) in [6.45, 7) is 2.70. The molecule has 4 nitrogen and oxygen atoms in total. The van der Waals surface area contributed by atoms with Crippen LogP contribution in [0.15, 0.2) is 0 Å². The van der Waals surface area contributed by atoms with Crippen molar-refractivity contribution >= 4 is 5.91 Å². The Bertz CT molecular complexity index is 265. The van der Waals surface area contributed by atoms with Crippen molar-refractivity contribution in [3.05, 3.63) is 0 Å². The molecule has 1 aliphatic heterocycles. The highest BCUT2D eigenvalue weighted by Gasteiger charge is 2.15. The van der Waals surface area contributed by atoms with Crippen molar-refractivity contribution in [3.8, 4) is 0 Å². The van der Waals surface area contributed by atoms with E-state index in [1.165, 1.54) is 32.1 Å². The molecule has 0 spiro atoms. The fourth-order valence-electron chi connectivity index (χ4n) is 2.99. The fourth-order valence-corrected chi connectivity index (χ4v) is 2.99. The number of hydrogen-bond acceptors (Lipinski definition) is 3. The molecule has 0 aromatic rings. The number of carbonyl (C=O) groups is 1. The van der Waals surface area contributed by atoms with E-state index in [0.717, 1.165) is 39.0 Å². The summed E-state index contributed by atoms with van der Waals surface area (Å²) in [5, 5.41) is 6.46. The SMILES string of the molecule is O=C1CC[C@H](NCCCOC2CCCCC2)CCN1. The quantitative estimate of drug-likeness (QED) is 0.724. The van der Waals surface area contributed by atoms with Crippen LogP contribution in [0, 0.1) is 0 Å². The van der Waals surface area contributed by atoms with Gasteiger partial charge in [-0.2, -0.15) is 0 Å². The van der Waals surface area contributed by atoms with Crippen molar-refractivity contribution in [1.29, 1.82) is 0 Å². The van der Waals surface area contributed by atoms with Crippen molar-refractivity contribution in [1.82, 2.24) is 10.6 Å². The van der Waals surface area contributed by atoms with Crippen molar-refractivity contribution in [2.24, 2.45) is 0 Å². The highest BCUT2D eigenvalue weighted by molar-refractivity contribution is 5.76. The summed E-state index contributed by atoms with van der Waals surface area (Å²) in [5.41, 5.74) is 0. The summed E-state index contributed by atoms with van der Waals surface area (Å²) in [4.78, 5) is 11.2. The number of hydrogen-bond donors (Lipinski definition) is 2. The third kappa shape index (κ3) is 5.91. The Labute approximate surface area is 116 Å². The number of ether oxygens (including phenoxy) is 1. The van der Waals surface area contributed by atoms with Crippen molar-refractivity contribution in [3.63, 3.8) is 0 Å². The predicted octanol–water partition coefficient (Wildman–Crippen LogP) is 1.98. The Kier molecular flexibility index (Phi) is 6.65. The van der Waals surface area contributed by atoms with Crippen LogP contribution in [0.4, 0.5) is 0 Å². The molecule has 2 rings (SSSR count). The van der Waals surface area contributed by atoms with Crippen LogP contribution < -0.4 is 10.6 Å². The molecule has 0 bridgehead atoms. The number of nitrogens with one attached hydrogen (secondary N) is 2. The van der Waals surface area contributed by atoms with Gasteiger partial charge in [0.1, 0.15) is 0 Å². The molecule has 19 heavy (non-hydrogen) atoms. The van der Waals surface area contributed by atoms with Gasteiger partial charge in [0.05, 0.1) is 6.10 Å². The third-order valence-corrected chi connectivity index (χ3v) is 4.19. The van der Waals surface area contributed by atoms with Gasteiger partial charge in [-0.15, -0.1) is 0 Å². The average molecular weight is 268 g/mol. The molecule has 1 saturated heterocycles. The monoisotopic (exact) mass is 268 g/mol. The van der Waals surface area contributed by atoms with E-state index in [1.54, 1.807) is 0 Å². The standard InChI is InChI=1S/C15H28N2O2/c18-15-8-7-13(9-11-17-15)16-10-4-12-19-14-5-2-1-3-6-14/h13-14,16H,1-12H2,(H,17,18)/t13-/m0/s1. The molecular formula is C15H28N2O2. The van der Waals surface area contributed by atoms with Gasteiger partial charge in [0.25, 0.3) is 0 Å². The topological polar surface area (TPSA) is 50.4 Å². The lowest BCUT2D eigenvalue weighted by Gasteiger charge is -2.22. The van der Waals surface area contributed by atoms with Crippen molar-refractivity contribution in [2.45, 2.75) is 69.9 Å². The van der Waals surface area contributed by atoms with E-state index in [0.29, 0.717) is 18.6 Å². The van der Waals surface area contributed by atoms with E-state index >= 15 is 0 Å². The molecule has 1 heterocycles. The molecule has 1 aliphatic carbocycles. The highest BCUT2D eigenvalue weighted by atomic mass is 16.5. The maximum absolute atomic E-state index is 11.2. The lowest BCUT2D eigenvalue weighted by molar-refractivity contribution is -0.120. The van der Waals surface area contributed by atoms with Crippen LogP contribution in [-0.2, 0) is 9.53 Å². The van der Waals surface area contributed by atoms with E-state index < -0.39 is 0 Å². The lowest BCUT2D eigenvalue weighted by Crippen LogP contribution is -2.31. The number of rotatable bonds is 6. The van der Waals surface area contributed by atoms with Crippen LogP contribution in [0.3, 0.4) is 0 Å². The smallest absolute Gasteiger partial charge is 0.220 e. The molecule has 0 aromatic carbocycles. The molecule has 2 N–H and O–H groups in total. The third-order valence-electron chi connectivity index (χ3n) is 4.19. The van der Waals surface area contributed by atoms with Gasteiger partial charge in [-0.1, -0.05) is 19.3 Å². The minimum atomic E-state index is 0.199. The molecule has 2 aliphatic rings. The molecule has 0 aromatic heterocycles. The second-order valence-electron chi connectivity index (χ2n) is 5.81. The summed E-state index contributed by atoms with van der Waals surface area (Å²) in [5.74, 6) is 0.199. The minimum Gasteiger partial charge on any atom is -0.378 e. The van der Waals surface area contributed by atoms with Gasteiger partial charge < -0.3 is 15.4 Å². The highest BCUT2D eigenvalue weighted by Crippen LogP contribution is 2.20. The largest absolute Gasteiger partial charge is 0.378 e. The van der Waals surface area contributed by atoms with Crippen molar-refractivity contribution < 1.29 is 9.53 Å². The van der Waals surface area contributed by atoms with E-state index in [2.05, 4.69) is 10.6 Å². The first kappa shape index (κ1) is 14.8. The maximum Gasteiger partial charge on any atom is 0.220 e. The van der Waals surface area contributed by atoms with Gasteiger partial charge in [-0.25, -0.2) is 0 Å². The van der Waals surface area contributed by atoms with Crippen LogP contribution in [-0.4, -0.2) is 37.7 Å². The van der Waals surface area contributed by atoms with Gasteiger partial charge >= 0.3 is 0 Å². The lowest BCUT2D eigenvalue weighted by atomic mass is 9.98. The van der Waals surface area contributed by atoms with Gasteiger partial charge in [-0.3, -0.25) is 4.79 Å². The number of carbonyl (C=O) groups excluding carboxylic acids is 1. The van der Waals surface area contributed by atoms with Crippen molar-refractivity contribution in [2.75, 3.05) is 19.7 Å². The number of amides is 1. The average Bonchev–Trinajstić information content (AvgIpc) is 2.64. The summed E-state index contributed by atoms with van der Waals surface area (Å²) in [7, 11) is 0. The molecule has 1 saturated carbocycles. The first-order chi connectivity index (χ1) is 9.34. The Morgan fingerprint density at radius 2 is 2.00 bits per heavy atom. The molecule has 110 valence electrons. The zero-order valence-electron chi connectivity index (χ0n) is 12.0. The van der Waals surface area contributed by atoms with Crippen LogP contribution in [0.25, 0.3) is 0 Å². The van der Waals surface area contributed by atoms with Crippen LogP contribution in [0.2, 0.25) is 0 Å². The second kappa shape index (κ2) is 8.54. The summed E-state index contributed by atoms with van der Waals surface area (Å²) >= 11 is 0. The molecule has 1 amide bonds. The van der Waals surface area contributed by atoms with Gasteiger partial charge in [-0.05, 0) is 38.6 Å². The van der Waals surface area contributed by atoms with Gasteiger partial charge in [0.15, 0.2) is 0 Å². The van der Waals surface area contributed by atoms with E-state index in [4.69, 9.17) is 4.74 Å². The minimum absolute atomic E-state index is 0.199. The normalized spacial score (nSPS) is 25.9. The Hall–Kier alpha value is -0.610. The molecule has 4 heteroatoms. The first-order valence-electron chi connectivity index (χ1n) is 7.96. The first-order valence-corrected chi connectivity index (χ1v) is 7.96. The zero-order chi connectivity index (χ0) is 13.3. The Balaban J connectivity index is 1.48. The predicted molar refractivity (Wildman–Crippen MR) is 76.1 cm³/mol. The molecule has 1 atom stereocenters. The van der Waals surface area contributed by atoms with Gasteiger partial charge in [0.2, 0.25) is 5.91 Å². The zero-order valence-corrected chi connectivity index (χ0v) is 12.0. The second-order valence-corrected chi connectivity index (χ2v) is 5.81. The molecule has 2 fully saturated rings. The summed E-state index contributed by atoms with van der Waals surface area (Å²) in [6, 6.07) is 0.494. The molecular weight excluding hydrogens is 240 g/mol. The van der Waals surface area contributed by atoms with Crippen LogP contribution in [0.5, 0.6) is 0 Å². The van der Waals surface area contributed by atoms with E-state index in [1.807, 2.05) is 0 Å². The van der Waals surface area contributed by atoms with Crippen LogP contribution in [0.1, 0.15) is 57.8 Å². The molecule has 0 radical (unpaired) electrons. The van der Waals surface area contributed by atoms with E-state index in [9.17, 15) is 4.79 Å². The maximum atomic E-state index is 11.2. The van der Waals surface area contributed by atoms with E-state index in [-0.39, 0.29) is 5.91 Å². The van der Waals surface area contributed by atoms with Gasteiger partial charge in [0, 0.05) is 25.6 Å². The Morgan fingerprint density at radius 1 is 1.16 bits per heavy atom. The Morgan fingerprint density at radius 3 is 2.84 bits per heavy atom. The van der Waals surface area contributed by atoms with Crippen LogP contribution >= 0.6 is 0 Å². The summed E-state index contributed by atoms with van der Waals surface area (Å²) in [6.07, 6.45) is 10.9.